The molecule has 1 amide bonds. The highest BCUT2D eigenvalue weighted by Gasteiger charge is 2.13. The zero-order valence-electron chi connectivity index (χ0n) is 19.5. The van der Waals surface area contributed by atoms with Crippen molar-refractivity contribution in [1.29, 1.82) is 0 Å². The van der Waals surface area contributed by atoms with Crippen LogP contribution in [0.15, 0.2) is 0 Å². The van der Waals surface area contributed by atoms with Crippen LogP contribution in [0.2, 0.25) is 0 Å². The first-order valence-corrected chi connectivity index (χ1v) is 12.0. The molecule has 0 unspecified atom stereocenters. The molecular weight excluding hydrogens is 348 g/mol. The summed E-state index contributed by atoms with van der Waals surface area (Å²) >= 11 is 0. The smallest absolute Gasteiger partial charge is 0.287 e. The minimum absolute atomic E-state index is 0.246. The Hall–Kier alpha value is -0.900. The van der Waals surface area contributed by atoms with Crippen LogP contribution in [0, 0.1) is 0 Å². The monoisotopic (exact) mass is 397 g/mol. The molecule has 1 N–H and O–H groups in total. The molecule has 0 aliphatic rings. The van der Waals surface area contributed by atoms with Gasteiger partial charge in [-0.3, -0.25) is 9.59 Å². The van der Waals surface area contributed by atoms with Crippen molar-refractivity contribution in [3.05, 3.63) is 0 Å². The van der Waals surface area contributed by atoms with Crippen LogP contribution < -0.4 is 5.32 Å². The highest BCUT2D eigenvalue weighted by molar-refractivity contribution is 6.36. The summed E-state index contributed by atoms with van der Waals surface area (Å²) in [6.07, 6.45) is 19.5. The fraction of sp³-hybridized carbons (Fsp3) is 0.917. The number of hydrogen-bond donors (Lipinski definition) is 1. The number of hydrogen-bond acceptors (Lipinski definition) is 2. The normalized spacial score (nSPS) is 11.6. The fourth-order valence-electron chi connectivity index (χ4n) is 3.45. The highest BCUT2D eigenvalue weighted by atomic mass is 16.2. The molecule has 0 bridgehead atoms. The second-order valence-electron chi connectivity index (χ2n) is 9.39. The van der Waals surface area contributed by atoms with E-state index in [0.29, 0.717) is 13.0 Å². The molecular formula is C24H49N2O2+. The van der Waals surface area contributed by atoms with Gasteiger partial charge in [-0.25, -0.2) is 0 Å². The van der Waals surface area contributed by atoms with Crippen molar-refractivity contribution in [3.8, 4) is 0 Å². The molecule has 0 heterocycles. The molecule has 0 fully saturated rings. The van der Waals surface area contributed by atoms with Crippen molar-refractivity contribution < 1.29 is 14.1 Å². The highest BCUT2D eigenvalue weighted by Crippen LogP contribution is 2.13. The number of rotatable bonds is 20. The Morgan fingerprint density at radius 3 is 1.50 bits per heavy atom. The lowest BCUT2D eigenvalue weighted by Gasteiger charge is -2.23. The molecule has 0 saturated carbocycles. The number of amides is 1. The lowest BCUT2D eigenvalue weighted by atomic mass is 10.0. The number of nitrogens with one attached hydrogen (secondary N) is 1. The van der Waals surface area contributed by atoms with E-state index in [2.05, 4.69) is 33.4 Å². The molecule has 0 rings (SSSR count). The number of unbranched alkanes of at least 4 members (excludes halogenated alkanes) is 13. The average molecular weight is 398 g/mol. The summed E-state index contributed by atoms with van der Waals surface area (Å²) < 4.78 is 0.878. The molecule has 0 aromatic rings. The predicted molar refractivity (Wildman–Crippen MR) is 120 cm³/mol. The lowest BCUT2D eigenvalue weighted by molar-refractivity contribution is -0.870. The maximum atomic E-state index is 11.8. The first-order chi connectivity index (χ1) is 13.4. The van der Waals surface area contributed by atoms with Crippen LogP contribution in [-0.4, -0.2) is 50.4 Å². The van der Waals surface area contributed by atoms with Gasteiger partial charge in [-0.05, 0) is 6.42 Å². The van der Waals surface area contributed by atoms with Crippen LogP contribution >= 0.6 is 0 Å². The number of carbonyl (C=O) groups is 2. The van der Waals surface area contributed by atoms with Crippen molar-refractivity contribution in [2.45, 2.75) is 110 Å². The zero-order chi connectivity index (χ0) is 21.1. The van der Waals surface area contributed by atoms with Gasteiger partial charge in [0.1, 0.15) is 0 Å². The third-order valence-electron chi connectivity index (χ3n) is 5.30. The Balaban J connectivity index is 3.34. The fourth-order valence-corrected chi connectivity index (χ4v) is 3.45. The molecule has 0 spiro atoms. The summed E-state index contributed by atoms with van der Waals surface area (Å²) in [5.74, 6) is -0.639. The average Bonchev–Trinajstić information content (AvgIpc) is 2.64. The topological polar surface area (TPSA) is 46.2 Å². The van der Waals surface area contributed by atoms with Crippen molar-refractivity contribution >= 4 is 11.7 Å². The van der Waals surface area contributed by atoms with Gasteiger partial charge in [0.05, 0.1) is 27.7 Å². The Morgan fingerprint density at radius 1 is 0.643 bits per heavy atom. The van der Waals surface area contributed by atoms with Crippen molar-refractivity contribution in [1.82, 2.24) is 5.32 Å². The molecule has 0 aliphatic heterocycles. The first kappa shape index (κ1) is 27.1. The molecule has 4 heteroatoms. The summed E-state index contributed by atoms with van der Waals surface area (Å²) in [5, 5.41) is 2.76. The molecule has 0 atom stereocenters. The van der Waals surface area contributed by atoms with Crippen LogP contribution in [0.25, 0.3) is 0 Å². The van der Waals surface area contributed by atoms with Crippen molar-refractivity contribution in [2.75, 3.05) is 34.2 Å². The third kappa shape index (κ3) is 19.9. The zero-order valence-corrected chi connectivity index (χ0v) is 19.5. The molecule has 0 aliphatic carbocycles. The minimum Gasteiger partial charge on any atom is -0.349 e. The van der Waals surface area contributed by atoms with Crippen molar-refractivity contribution in [3.63, 3.8) is 0 Å². The lowest BCUT2D eigenvalue weighted by Crippen LogP contribution is -2.38. The summed E-state index contributed by atoms with van der Waals surface area (Å²) in [4.78, 5) is 23.6. The minimum atomic E-state index is -0.392. The van der Waals surface area contributed by atoms with E-state index in [1.165, 1.54) is 77.0 Å². The first-order valence-electron chi connectivity index (χ1n) is 12.0. The maximum absolute atomic E-state index is 11.8. The Labute approximate surface area is 175 Å². The number of ketones is 1. The number of quaternary nitrogens is 1. The second-order valence-corrected chi connectivity index (χ2v) is 9.39. The number of Topliss-reactive ketones (excluding diaryl/α,β-unsaturated/α-hetero) is 1. The van der Waals surface area contributed by atoms with Gasteiger partial charge in [0.15, 0.2) is 0 Å². The summed E-state index contributed by atoms with van der Waals surface area (Å²) in [6.45, 7) is 3.86. The van der Waals surface area contributed by atoms with Gasteiger partial charge in [0, 0.05) is 19.4 Å². The largest absolute Gasteiger partial charge is 0.349 e. The summed E-state index contributed by atoms with van der Waals surface area (Å²) in [5.41, 5.74) is 0. The Kier molecular flexibility index (Phi) is 17.6. The molecule has 0 aromatic heterocycles. The Bertz CT molecular complexity index is 389. The number of carbonyl (C=O) groups excluding carboxylic acids is 2. The van der Waals surface area contributed by atoms with E-state index >= 15 is 0 Å². The van der Waals surface area contributed by atoms with Gasteiger partial charge in [-0.1, -0.05) is 90.4 Å². The van der Waals surface area contributed by atoms with E-state index < -0.39 is 5.91 Å². The maximum Gasteiger partial charge on any atom is 0.287 e. The van der Waals surface area contributed by atoms with Crippen LogP contribution in [0.1, 0.15) is 110 Å². The van der Waals surface area contributed by atoms with Crippen LogP contribution in [0.4, 0.5) is 0 Å². The molecule has 4 nitrogen and oxygen atoms in total. The van der Waals surface area contributed by atoms with Gasteiger partial charge in [0.2, 0.25) is 5.78 Å². The molecule has 0 radical (unpaired) electrons. The van der Waals surface area contributed by atoms with Crippen LogP contribution in [-0.2, 0) is 9.59 Å². The quantitative estimate of drug-likeness (QED) is 0.164. The van der Waals surface area contributed by atoms with Gasteiger partial charge in [-0.15, -0.1) is 0 Å². The van der Waals surface area contributed by atoms with Gasteiger partial charge < -0.3 is 9.80 Å². The molecule has 166 valence electrons. The SMILES string of the molecule is CCCCCCCCCCCCCCCCC(=O)C(=O)NCCC[N+](C)(C)C. The van der Waals surface area contributed by atoms with E-state index in [1.807, 2.05) is 0 Å². The molecule has 28 heavy (non-hydrogen) atoms. The van der Waals surface area contributed by atoms with Gasteiger partial charge in [0.25, 0.3) is 5.91 Å². The van der Waals surface area contributed by atoms with E-state index in [0.717, 1.165) is 30.3 Å². The molecule has 0 aromatic carbocycles. The summed E-state index contributed by atoms with van der Waals surface area (Å²) in [6, 6.07) is 0. The summed E-state index contributed by atoms with van der Waals surface area (Å²) in [7, 11) is 6.38. The van der Waals surface area contributed by atoms with E-state index in [9.17, 15) is 9.59 Å². The number of nitrogens with zero attached hydrogens (tertiary/aromatic N) is 1. The van der Waals surface area contributed by atoms with Gasteiger partial charge >= 0.3 is 0 Å². The van der Waals surface area contributed by atoms with Crippen molar-refractivity contribution in [2.24, 2.45) is 0 Å². The predicted octanol–water partition coefficient (Wildman–Crippen LogP) is 5.64. The third-order valence-corrected chi connectivity index (χ3v) is 5.30. The van der Waals surface area contributed by atoms with Crippen LogP contribution in [0.5, 0.6) is 0 Å². The van der Waals surface area contributed by atoms with E-state index in [1.54, 1.807) is 0 Å². The van der Waals surface area contributed by atoms with E-state index in [4.69, 9.17) is 0 Å². The van der Waals surface area contributed by atoms with E-state index in [-0.39, 0.29) is 5.78 Å². The standard InChI is InChI=1S/C24H48N2O2/c1-5-6-7-8-9-10-11-12-13-14-15-16-17-18-20-23(27)24(28)25-21-19-22-26(2,3)4/h5-22H2,1-4H3/p+1. The molecule has 0 saturated heterocycles. The Morgan fingerprint density at radius 2 is 1.07 bits per heavy atom. The second kappa shape index (κ2) is 18.1. The van der Waals surface area contributed by atoms with Gasteiger partial charge in [-0.2, -0.15) is 0 Å². The van der Waals surface area contributed by atoms with Crippen LogP contribution in [0.3, 0.4) is 0 Å².